The third-order valence-electron chi connectivity index (χ3n) is 4.64. The Balaban J connectivity index is 1.59. The van der Waals surface area contributed by atoms with E-state index in [0.717, 1.165) is 13.1 Å². The first kappa shape index (κ1) is 13.5. The van der Waals surface area contributed by atoms with Gasteiger partial charge in [0.15, 0.2) is 0 Å². The number of nitrogens with zero attached hydrogens (tertiary/aromatic N) is 2. The van der Waals surface area contributed by atoms with E-state index >= 15 is 0 Å². The molecule has 1 aromatic carbocycles. The molecule has 0 radical (unpaired) electrons. The molecule has 3 heteroatoms. The van der Waals surface area contributed by atoms with Crippen LogP contribution in [0, 0.1) is 0 Å². The molecule has 0 saturated carbocycles. The number of rotatable bonds is 3. The van der Waals surface area contributed by atoms with Crippen LogP contribution in [0.25, 0.3) is 10.9 Å². The zero-order valence-corrected chi connectivity index (χ0v) is 12.7. The van der Waals surface area contributed by atoms with E-state index in [1.807, 2.05) is 18.5 Å². The first-order valence-corrected chi connectivity index (χ1v) is 8.11. The van der Waals surface area contributed by atoms with Crippen molar-refractivity contribution in [2.75, 3.05) is 6.54 Å². The summed E-state index contributed by atoms with van der Waals surface area (Å²) in [5.41, 5.74) is 3.88. The molecule has 0 aliphatic carbocycles. The van der Waals surface area contributed by atoms with E-state index in [0.29, 0.717) is 6.04 Å². The highest BCUT2D eigenvalue weighted by Gasteiger charge is 2.24. The molecule has 1 aliphatic rings. The molecule has 3 heterocycles. The van der Waals surface area contributed by atoms with Crippen molar-refractivity contribution in [2.45, 2.75) is 31.8 Å². The molecule has 1 aliphatic heterocycles. The zero-order valence-electron chi connectivity index (χ0n) is 12.7. The number of piperidine rings is 1. The molecule has 1 N–H and O–H groups in total. The normalized spacial score (nSPS) is 19.5. The number of hydrogen-bond acceptors (Lipinski definition) is 2. The SMILES string of the molecule is c1cncc([C@H]2CCCCN2Cc2cc3ccccc3[nH]2)c1. The van der Waals surface area contributed by atoms with Crippen LogP contribution in [0.5, 0.6) is 0 Å². The minimum Gasteiger partial charge on any atom is -0.357 e. The number of pyridine rings is 1. The second-order valence-corrected chi connectivity index (χ2v) is 6.15. The summed E-state index contributed by atoms with van der Waals surface area (Å²) in [6, 6.07) is 15.5. The maximum absolute atomic E-state index is 4.30. The molecular weight excluding hydrogens is 270 g/mol. The van der Waals surface area contributed by atoms with E-state index in [4.69, 9.17) is 0 Å². The number of nitrogens with one attached hydrogen (secondary N) is 1. The Morgan fingerprint density at radius 3 is 2.95 bits per heavy atom. The number of benzene rings is 1. The van der Waals surface area contributed by atoms with Crippen LogP contribution in [0.15, 0.2) is 54.9 Å². The fraction of sp³-hybridized carbons (Fsp3) is 0.316. The zero-order chi connectivity index (χ0) is 14.8. The Morgan fingerprint density at radius 2 is 2.09 bits per heavy atom. The quantitative estimate of drug-likeness (QED) is 0.780. The standard InChI is InChI=1S/C19H21N3/c1-2-8-18-15(6-1)12-17(21-18)14-22-11-4-3-9-19(22)16-7-5-10-20-13-16/h1-2,5-8,10,12-13,19,21H,3-4,9,11,14H2/t19-/m1/s1. The Kier molecular flexibility index (Phi) is 3.65. The van der Waals surface area contributed by atoms with Crippen molar-refractivity contribution < 1.29 is 0 Å². The van der Waals surface area contributed by atoms with Gasteiger partial charge >= 0.3 is 0 Å². The first-order valence-electron chi connectivity index (χ1n) is 8.11. The number of likely N-dealkylation sites (tertiary alicyclic amines) is 1. The van der Waals surface area contributed by atoms with Crippen molar-refractivity contribution in [3.63, 3.8) is 0 Å². The van der Waals surface area contributed by atoms with Gasteiger partial charge in [0.2, 0.25) is 0 Å². The number of fused-ring (bicyclic) bond motifs is 1. The third kappa shape index (κ3) is 2.64. The molecule has 0 unspecified atom stereocenters. The predicted molar refractivity (Wildman–Crippen MR) is 89.5 cm³/mol. The summed E-state index contributed by atoms with van der Waals surface area (Å²) in [5, 5.41) is 1.30. The highest BCUT2D eigenvalue weighted by atomic mass is 15.2. The summed E-state index contributed by atoms with van der Waals surface area (Å²) in [6.07, 6.45) is 7.70. The molecule has 4 rings (SSSR count). The number of hydrogen-bond donors (Lipinski definition) is 1. The van der Waals surface area contributed by atoms with Crippen molar-refractivity contribution in [3.8, 4) is 0 Å². The van der Waals surface area contributed by atoms with Crippen LogP contribution in [-0.4, -0.2) is 21.4 Å². The average molecular weight is 291 g/mol. The lowest BCUT2D eigenvalue weighted by molar-refractivity contribution is 0.139. The molecule has 1 fully saturated rings. The van der Waals surface area contributed by atoms with Crippen LogP contribution in [0.2, 0.25) is 0 Å². The lowest BCUT2D eigenvalue weighted by Gasteiger charge is -2.35. The first-order chi connectivity index (χ1) is 10.9. The van der Waals surface area contributed by atoms with E-state index in [1.165, 1.54) is 41.4 Å². The van der Waals surface area contributed by atoms with E-state index in [2.05, 4.69) is 51.3 Å². The van der Waals surface area contributed by atoms with Crippen LogP contribution in [0.1, 0.15) is 36.6 Å². The Labute approximate surface area is 131 Å². The minimum atomic E-state index is 0.494. The van der Waals surface area contributed by atoms with Crippen molar-refractivity contribution >= 4 is 10.9 Å². The van der Waals surface area contributed by atoms with Gasteiger partial charge in [-0.1, -0.05) is 30.7 Å². The maximum Gasteiger partial charge on any atom is 0.0456 e. The van der Waals surface area contributed by atoms with Crippen molar-refractivity contribution in [1.29, 1.82) is 0 Å². The van der Waals surface area contributed by atoms with E-state index < -0.39 is 0 Å². The van der Waals surface area contributed by atoms with Gasteiger partial charge in [0.05, 0.1) is 0 Å². The molecule has 2 aromatic heterocycles. The van der Waals surface area contributed by atoms with Gasteiger partial charge in [-0.3, -0.25) is 9.88 Å². The number of aromatic nitrogens is 2. The second-order valence-electron chi connectivity index (χ2n) is 6.15. The van der Waals surface area contributed by atoms with E-state index in [-0.39, 0.29) is 0 Å². The smallest absolute Gasteiger partial charge is 0.0456 e. The maximum atomic E-state index is 4.30. The number of aromatic amines is 1. The molecule has 0 amide bonds. The largest absolute Gasteiger partial charge is 0.357 e. The lowest BCUT2D eigenvalue weighted by Crippen LogP contribution is -2.33. The molecule has 0 spiro atoms. The van der Waals surface area contributed by atoms with E-state index in [9.17, 15) is 0 Å². The Bertz CT molecular complexity index is 714. The van der Waals surface area contributed by atoms with Gasteiger partial charge in [-0.25, -0.2) is 0 Å². The van der Waals surface area contributed by atoms with Crippen LogP contribution in [-0.2, 0) is 6.54 Å². The fourth-order valence-corrected chi connectivity index (χ4v) is 3.57. The van der Waals surface area contributed by atoms with Crippen molar-refractivity contribution in [1.82, 2.24) is 14.9 Å². The molecule has 3 aromatic rings. The molecule has 22 heavy (non-hydrogen) atoms. The van der Waals surface area contributed by atoms with Gasteiger partial charge < -0.3 is 4.98 Å². The number of H-pyrrole nitrogens is 1. The number of para-hydroxylation sites is 1. The van der Waals surface area contributed by atoms with Crippen molar-refractivity contribution in [2.24, 2.45) is 0 Å². The van der Waals surface area contributed by atoms with Gasteiger partial charge in [0.25, 0.3) is 0 Å². The van der Waals surface area contributed by atoms with Gasteiger partial charge in [-0.05, 0) is 48.5 Å². The predicted octanol–water partition coefficient (Wildman–Crippen LogP) is 4.29. The fourth-order valence-electron chi connectivity index (χ4n) is 3.57. The Morgan fingerprint density at radius 1 is 1.14 bits per heavy atom. The molecule has 1 atom stereocenters. The van der Waals surface area contributed by atoms with Gasteiger partial charge in [-0.15, -0.1) is 0 Å². The van der Waals surface area contributed by atoms with Gasteiger partial charge in [0.1, 0.15) is 0 Å². The summed E-state index contributed by atoms with van der Waals surface area (Å²) >= 11 is 0. The highest BCUT2D eigenvalue weighted by molar-refractivity contribution is 5.80. The molecular formula is C19H21N3. The average Bonchev–Trinajstić information content (AvgIpc) is 2.98. The van der Waals surface area contributed by atoms with Gasteiger partial charge in [-0.2, -0.15) is 0 Å². The second kappa shape index (κ2) is 5.93. The summed E-state index contributed by atoms with van der Waals surface area (Å²) in [6.45, 7) is 2.14. The van der Waals surface area contributed by atoms with Crippen LogP contribution >= 0.6 is 0 Å². The summed E-state index contributed by atoms with van der Waals surface area (Å²) in [4.78, 5) is 10.4. The highest BCUT2D eigenvalue weighted by Crippen LogP contribution is 2.31. The monoisotopic (exact) mass is 291 g/mol. The van der Waals surface area contributed by atoms with Gasteiger partial charge in [0, 0.05) is 36.2 Å². The molecule has 0 bridgehead atoms. The summed E-state index contributed by atoms with van der Waals surface area (Å²) < 4.78 is 0. The van der Waals surface area contributed by atoms with Crippen LogP contribution in [0.4, 0.5) is 0 Å². The molecule has 112 valence electrons. The van der Waals surface area contributed by atoms with Crippen molar-refractivity contribution in [3.05, 3.63) is 66.1 Å². The summed E-state index contributed by atoms with van der Waals surface area (Å²) in [5.74, 6) is 0. The third-order valence-corrected chi connectivity index (χ3v) is 4.64. The minimum absolute atomic E-state index is 0.494. The van der Waals surface area contributed by atoms with E-state index in [1.54, 1.807) is 0 Å². The van der Waals surface area contributed by atoms with Crippen LogP contribution < -0.4 is 0 Å². The molecule has 3 nitrogen and oxygen atoms in total. The summed E-state index contributed by atoms with van der Waals surface area (Å²) in [7, 11) is 0. The Hall–Kier alpha value is -2.13. The van der Waals surface area contributed by atoms with Crippen LogP contribution in [0.3, 0.4) is 0 Å². The molecule has 1 saturated heterocycles. The lowest BCUT2D eigenvalue weighted by atomic mass is 9.96. The topological polar surface area (TPSA) is 31.9 Å².